The number of aryl methyl sites for hydroxylation is 8. The molecule has 6 heteroatoms. The van der Waals surface area contributed by atoms with Gasteiger partial charge in [-0.25, -0.2) is 14.5 Å². The molecule has 0 aliphatic carbocycles. The van der Waals surface area contributed by atoms with E-state index in [0.29, 0.717) is 71.8 Å². The number of nitrogens with zero attached hydrogens (tertiary/aromatic N) is 3. The fraction of sp³-hybridized carbons (Fsp3) is 0.170. The molecule has 0 radical (unpaired) electrons. The number of hydrogen-bond acceptors (Lipinski definition) is 3. The van der Waals surface area contributed by atoms with Gasteiger partial charge in [0.1, 0.15) is 13.4 Å². The molecule has 0 atom stereocenters. The van der Waals surface area contributed by atoms with Crippen LogP contribution in [0.3, 0.4) is 0 Å². The molecular weight excluding hydrogens is 644 g/mol. The molecule has 0 spiro atoms. The summed E-state index contributed by atoms with van der Waals surface area (Å²) in [5, 5.41) is 1.43. The lowest BCUT2D eigenvalue weighted by atomic mass is 9.20. The average Bonchev–Trinajstić information content (AvgIpc) is 3.60. The Balaban J connectivity index is 1.45. The summed E-state index contributed by atoms with van der Waals surface area (Å²) in [7, 11) is 1.73. The summed E-state index contributed by atoms with van der Waals surface area (Å²) >= 11 is 0. The average molecular weight is 699 g/mol. The van der Waals surface area contributed by atoms with Crippen molar-refractivity contribution in [2.75, 3.05) is 0 Å². The first-order valence-electron chi connectivity index (χ1n) is 23.6. The van der Waals surface area contributed by atoms with Gasteiger partial charge in [-0.3, -0.25) is 0 Å². The van der Waals surface area contributed by atoms with Crippen molar-refractivity contribution in [3.8, 4) is 22.4 Å². The topological polar surface area (TPSA) is 42.8 Å². The minimum atomic E-state index is -2.83. The van der Waals surface area contributed by atoms with Crippen LogP contribution >= 0.6 is 0 Å². The van der Waals surface area contributed by atoms with Gasteiger partial charge >= 0.3 is 0 Å². The standard InChI is InChI=1S/C47H42B2N3O/c1-27-19-20-34-37-24-50-26-51-47(37)53-46(34)43(27)42-23-36(33(7)25-52(42)8)35-22-41-40(21-32(35)6)48(44-28(2)13-11-14-29(44)3)38-17-9-10-18-39(38)49(41)45-30(4)15-12-16-31(45)5/h9-26H,1-8H3/q+1/i2D3,4D3,6D3,7D3. The van der Waals surface area contributed by atoms with E-state index in [1.807, 2.05) is 69.3 Å². The third-order valence-electron chi connectivity index (χ3n) is 11.0. The summed E-state index contributed by atoms with van der Waals surface area (Å²) in [4.78, 5) is 8.54. The number of rotatable bonds is 4. The van der Waals surface area contributed by atoms with Gasteiger partial charge < -0.3 is 4.42 Å². The fourth-order valence-corrected chi connectivity index (χ4v) is 8.60. The minimum Gasteiger partial charge on any atom is -0.437 e. The lowest BCUT2D eigenvalue weighted by molar-refractivity contribution is -0.660. The molecule has 0 fully saturated rings. The van der Waals surface area contributed by atoms with Crippen molar-refractivity contribution in [1.29, 1.82) is 0 Å². The van der Waals surface area contributed by atoms with Gasteiger partial charge in [-0.2, -0.15) is 0 Å². The maximum absolute atomic E-state index is 9.13. The van der Waals surface area contributed by atoms with Crippen molar-refractivity contribution < 1.29 is 25.4 Å². The van der Waals surface area contributed by atoms with Crippen LogP contribution in [0, 0.1) is 48.2 Å². The van der Waals surface area contributed by atoms with Crippen molar-refractivity contribution in [2.45, 2.75) is 48.2 Å². The third kappa shape index (κ3) is 5.10. The van der Waals surface area contributed by atoms with E-state index in [4.69, 9.17) is 20.9 Å². The van der Waals surface area contributed by atoms with E-state index in [-0.39, 0.29) is 33.4 Å². The number of benzene rings is 5. The van der Waals surface area contributed by atoms with Crippen LogP contribution in [0.2, 0.25) is 0 Å². The van der Waals surface area contributed by atoms with Gasteiger partial charge in [0, 0.05) is 39.7 Å². The van der Waals surface area contributed by atoms with Crippen LogP contribution in [0.4, 0.5) is 0 Å². The fourth-order valence-electron chi connectivity index (χ4n) is 8.60. The zero-order valence-electron chi connectivity index (χ0n) is 41.8. The summed E-state index contributed by atoms with van der Waals surface area (Å²) in [5.41, 5.74) is 7.78. The molecule has 0 amide bonds. The van der Waals surface area contributed by atoms with Crippen LogP contribution in [0.5, 0.6) is 0 Å². The Bertz CT molecular complexity index is 3240. The van der Waals surface area contributed by atoms with E-state index >= 15 is 0 Å². The zero-order chi connectivity index (χ0) is 46.7. The first kappa shape index (κ1) is 22.4. The molecule has 0 saturated carbocycles. The lowest BCUT2D eigenvalue weighted by Gasteiger charge is -2.35. The Labute approximate surface area is 329 Å². The van der Waals surface area contributed by atoms with Crippen LogP contribution in [-0.4, -0.2) is 23.4 Å². The molecule has 5 aromatic carbocycles. The Kier molecular flexibility index (Phi) is 5.25. The maximum atomic E-state index is 9.13. The molecule has 9 rings (SSSR count). The van der Waals surface area contributed by atoms with E-state index < -0.39 is 40.8 Å². The Morgan fingerprint density at radius 2 is 1.23 bits per heavy atom. The van der Waals surface area contributed by atoms with Gasteiger partial charge in [0.25, 0.3) is 0 Å². The van der Waals surface area contributed by atoms with Crippen LogP contribution in [0.1, 0.15) is 55.4 Å². The number of aromatic nitrogens is 3. The van der Waals surface area contributed by atoms with Gasteiger partial charge in [-0.05, 0) is 70.4 Å². The smallest absolute Gasteiger partial charge is 0.240 e. The SMILES string of the molecule is [2H]C([2H])([2H])c1cc2c(cc1-c1cc(-c3c(C)ccc4c3oc3ncncc34)[n+](C)cc1C([2H])([2H])[2H])B(c1c(C)cccc1C([2H])([2H])[2H])c1ccccc1B2c1c(C)cccc1C([2H])([2H])[2H]. The Hall–Kier alpha value is -5.74. The minimum absolute atomic E-state index is 0.103. The number of hydrogen-bond donors (Lipinski definition) is 0. The molecule has 0 bridgehead atoms. The van der Waals surface area contributed by atoms with Crippen LogP contribution in [-0.2, 0) is 7.05 Å². The van der Waals surface area contributed by atoms with Crippen molar-refractivity contribution >= 4 is 68.3 Å². The third-order valence-corrected chi connectivity index (χ3v) is 11.0. The van der Waals surface area contributed by atoms with E-state index in [1.165, 1.54) is 12.5 Å². The molecule has 256 valence electrons. The summed E-state index contributed by atoms with van der Waals surface area (Å²) in [6, 6.07) is 26.5. The summed E-state index contributed by atoms with van der Waals surface area (Å²) in [6.45, 7) is -6.72. The molecule has 1 aliphatic rings. The molecule has 4 nitrogen and oxygen atoms in total. The van der Waals surface area contributed by atoms with E-state index in [1.54, 1.807) is 60.3 Å². The Morgan fingerprint density at radius 3 is 1.89 bits per heavy atom. The molecule has 0 N–H and O–H groups in total. The highest BCUT2D eigenvalue weighted by molar-refractivity contribution is 7.11. The van der Waals surface area contributed by atoms with Crippen molar-refractivity contribution in [3.05, 3.63) is 149 Å². The van der Waals surface area contributed by atoms with Gasteiger partial charge in [0.15, 0.2) is 11.8 Å². The highest BCUT2D eigenvalue weighted by Crippen LogP contribution is 2.38. The summed E-state index contributed by atoms with van der Waals surface area (Å²) in [5.74, 6) is 0. The van der Waals surface area contributed by atoms with Crippen LogP contribution < -0.4 is 37.3 Å². The number of fused-ring (bicyclic) bond motifs is 5. The van der Waals surface area contributed by atoms with Crippen molar-refractivity contribution in [3.63, 3.8) is 0 Å². The predicted molar refractivity (Wildman–Crippen MR) is 223 cm³/mol. The zero-order valence-corrected chi connectivity index (χ0v) is 29.8. The second-order valence-corrected chi connectivity index (χ2v) is 14.2. The molecule has 8 aromatic rings. The van der Waals surface area contributed by atoms with Gasteiger partial charge in [-0.1, -0.05) is 140 Å². The largest absolute Gasteiger partial charge is 0.437 e. The predicted octanol–water partition coefficient (Wildman–Crippen LogP) is 6.04. The molecular formula is C47H42B2N3O+. The first-order valence-corrected chi connectivity index (χ1v) is 17.6. The summed E-state index contributed by atoms with van der Waals surface area (Å²) in [6.07, 6.45) is 4.56. The number of pyridine rings is 1. The van der Waals surface area contributed by atoms with E-state index in [0.717, 1.165) is 10.9 Å². The Morgan fingerprint density at radius 1 is 0.604 bits per heavy atom. The van der Waals surface area contributed by atoms with Gasteiger partial charge in [0.05, 0.1) is 10.9 Å². The van der Waals surface area contributed by atoms with E-state index in [9.17, 15) is 0 Å². The number of furan rings is 1. The lowest BCUT2D eigenvalue weighted by Crippen LogP contribution is -2.76. The molecule has 1 aliphatic heterocycles. The molecule has 53 heavy (non-hydrogen) atoms. The maximum Gasteiger partial charge on any atom is 0.240 e. The quantitative estimate of drug-likeness (QED) is 0.167. The molecule has 0 saturated heterocycles. The second kappa shape index (κ2) is 12.4. The monoisotopic (exact) mass is 698 g/mol. The molecule has 4 heterocycles. The van der Waals surface area contributed by atoms with E-state index in [2.05, 4.69) is 9.97 Å². The molecule has 0 unspecified atom stereocenters. The summed E-state index contributed by atoms with van der Waals surface area (Å²) < 4.78 is 114. The van der Waals surface area contributed by atoms with Crippen molar-refractivity contribution in [1.82, 2.24) is 9.97 Å². The van der Waals surface area contributed by atoms with Gasteiger partial charge in [-0.15, -0.1) is 0 Å². The van der Waals surface area contributed by atoms with Crippen LogP contribution in [0.25, 0.3) is 44.5 Å². The second-order valence-electron chi connectivity index (χ2n) is 14.2. The first-order chi connectivity index (χ1) is 30.5. The highest BCUT2D eigenvalue weighted by Gasteiger charge is 2.41. The molecule has 3 aromatic heterocycles. The normalized spacial score (nSPS) is 16.8. The van der Waals surface area contributed by atoms with Crippen LogP contribution in [0.15, 0.2) is 114 Å². The van der Waals surface area contributed by atoms with Crippen molar-refractivity contribution in [2.24, 2.45) is 7.05 Å². The van der Waals surface area contributed by atoms with Gasteiger partial charge in [0.2, 0.25) is 24.8 Å². The highest BCUT2D eigenvalue weighted by atomic mass is 16.3.